The maximum Gasteiger partial charge on any atom is 0.180 e. The van der Waals surface area contributed by atoms with Gasteiger partial charge in [0.15, 0.2) is 5.65 Å². The van der Waals surface area contributed by atoms with Gasteiger partial charge in [-0.1, -0.05) is 0 Å². The van der Waals surface area contributed by atoms with Gasteiger partial charge in [-0.05, 0) is 44.9 Å². The summed E-state index contributed by atoms with van der Waals surface area (Å²) < 4.78 is 0. The molecule has 5 nitrogen and oxygen atoms in total. The Morgan fingerprint density at radius 3 is 2.60 bits per heavy atom. The largest absolute Gasteiger partial charge is 0.357 e. The van der Waals surface area contributed by atoms with Crippen LogP contribution in [0.2, 0.25) is 0 Å². The second-order valence-corrected chi connectivity index (χ2v) is 5.47. The summed E-state index contributed by atoms with van der Waals surface area (Å²) in [5.41, 5.74) is 1.57. The SMILES string of the molecule is CNC1CCC(N(C)c2ccc3nccnc3n2)CC1. The van der Waals surface area contributed by atoms with Crippen LogP contribution in [0.15, 0.2) is 24.5 Å². The van der Waals surface area contributed by atoms with Crippen molar-refractivity contribution in [2.45, 2.75) is 37.8 Å². The molecule has 20 heavy (non-hydrogen) atoms. The second kappa shape index (κ2) is 5.71. The standard InChI is InChI=1S/C15H21N5/c1-16-11-3-5-12(6-4-11)20(2)14-8-7-13-15(19-14)18-10-9-17-13/h7-12,16H,3-6H2,1-2H3. The third-order valence-corrected chi connectivity index (χ3v) is 4.33. The van der Waals surface area contributed by atoms with Gasteiger partial charge < -0.3 is 10.2 Å². The van der Waals surface area contributed by atoms with Gasteiger partial charge in [-0.3, -0.25) is 4.98 Å². The van der Waals surface area contributed by atoms with Crippen molar-refractivity contribution in [2.75, 3.05) is 19.0 Å². The zero-order valence-electron chi connectivity index (χ0n) is 12.1. The molecule has 0 radical (unpaired) electrons. The highest BCUT2D eigenvalue weighted by Gasteiger charge is 2.23. The molecule has 2 aromatic rings. The smallest absolute Gasteiger partial charge is 0.180 e. The molecule has 2 aromatic heterocycles. The Kier molecular flexibility index (Phi) is 3.78. The molecule has 1 saturated carbocycles. The van der Waals surface area contributed by atoms with E-state index in [1.54, 1.807) is 12.4 Å². The van der Waals surface area contributed by atoms with Crippen LogP contribution in [-0.4, -0.2) is 41.1 Å². The van der Waals surface area contributed by atoms with Crippen LogP contribution in [0.4, 0.5) is 5.82 Å². The Labute approximate surface area is 119 Å². The number of pyridine rings is 1. The molecule has 0 unspecified atom stereocenters. The van der Waals surface area contributed by atoms with Crippen LogP contribution < -0.4 is 10.2 Å². The first-order chi connectivity index (χ1) is 9.78. The number of nitrogens with one attached hydrogen (secondary N) is 1. The van der Waals surface area contributed by atoms with Gasteiger partial charge in [0.1, 0.15) is 11.3 Å². The summed E-state index contributed by atoms with van der Waals surface area (Å²) in [4.78, 5) is 15.5. The van der Waals surface area contributed by atoms with E-state index in [1.165, 1.54) is 25.7 Å². The van der Waals surface area contributed by atoms with Gasteiger partial charge in [0.05, 0.1) is 0 Å². The van der Waals surface area contributed by atoms with E-state index < -0.39 is 0 Å². The number of anilines is 1. The fraction of sp³-hybridized carbons (Fsp3) is 0.533. The Morgan fingerprint density at radius 2 is 1.85 bits per heavy atom. The molecule has 0 saturated heterocycles. The minimum absolute atomic E-state index is 0.571. The molecule has 2 heterocycles. The van der Waals surface area contributed by atoms with Crippen LogP contribution in [-0.2, 0) is 0 Å². The fourth-order valence-corrected chi connectivity index (χ4v) is 2.98. The quantitative estimate of drug-likeness (QED) is 0.925. The third-order valence-electron chi connectivity index (χ3n) is 4.33. The van der Waals surface area contributed by atoms with E-state index in [0.717, 1.165) is 17.0 Å². The highest BCUT2D eigenvalue weighted by molar-refractivity contribution is 5.71. The van der Waals surface area contributed by atoms with E-state index in [4.69, 9.17) is 0 Å². The molecule has 0 amide bonds. The van der Waals surface area contributed by atoms with Gasteiger partial charge in [-0.15, -0.1) is 0 Å². The predicted octanol–water partition coefficient (Wildman–Crippen LogP) is 1.99. The van der Waals surface area contributed by atoms with Crippen LogP contribution in [0.1, 0.15) is 25.7 Å². The van der Waals surface area contributed by atoms with E-state index in [9.17, 15) is 0 Å². The zero-order valence-corrected chi connectivity index (χ0v) is 12.1. The minimum Gasteiger partial charge on any atom is -0.357 e. The topological polar surface area (TPSA) is 53.9 Å². The van der Waals surface area contributed by atoms with E-state index in [2.05, 4.69) is 39.3 Å². The number of nitrogens with zero attached hydrogens (tertiary/aromatic N) is 4. The molecular formula is C15H21N5. The van der Waals surface area contributed by atoms with E-state index in [1.807, 2.05) is 12.1 Å². The predicted molar refractivity (Wildman–Crippen MR) is 80.8 cm³/mol. The molecule has 1 aliphatic rings. The monoisotopic (exact) mass is 271 g/mol. The number of hydrogen-bond acceptors (Lipinski definition) is 5. The molecule has 1 N–H and O–H groups in total. The molecule has 1 aliphatic carbocycles. The van der Waals surface area contributed by atoms with Crippen LogP contribution in [0, 0.1) is 0 Å². The van der Waals surface area contributed by atoms with E-state index in [0.29, 0.717) is 12.1 Å². The lowest BCUT2D eigenvalue weighted by atomic mass is 9.90. The van der Waals surface area contributed by atoms with Gasteiger partial charge in [0.2, 0.25) is 0 Å². The molecule has 0 spiro atoms. The number of fused-ring (bicyclic) bond motifs is 1. The van der Waals surface area contributed by atoms with E-state index in [-0.39, 0.29) is 0 Å². The lowest BCUT2D eigenvalue weighted by molar-refractivity contribution is 0.350. The molecule has 1 fully saturated rings. The van der Waals surface area contributed by atoms with Gasteiger partial charge in [-0.2, -0.15) is 0 Å². The molecule has 3 rings (SSSR count). The summed E-state index contributed by atoms with van der Waals surface area (Å²) in [6.45, 7) is 0. The fourth-order valence-electron chi connectivity index (χ4n) is 2.98. The first-order valence-corrected chi connectivity index (χ1v) is 7.26. The first kappa shape index (κ1) is 13.2. The van der Waals surface area contributed by atoms with Crippen LogP contribution >= 0.6 is 0 Å². The van der Waals surface area contributed by atoms with Gasteiger partial charge in [-0.25, -0.2) is 9.97 Å². The number of aromatic nitrogens is 3. The average molecular weight is 271 g/mol. The number of hydrogen-bond donors (Lipinski definition) is 1. The Hall–Kier alpha value is -1.75. The summed E-state index contributed by atoms with van der Waals surface area (Å²) in [5, 5.41) is 3.37. The van der Waals surface area contributed by atoms with Crippen molar-refractivity contribution in [2.24, 2.45) is 0 Å². The third kappa shape index (κ3) is 2.58. The lowest BCUT2D eigenvalue weighted by Gasteiger charge is -2.35. The molecule has 0 aliphatic heterocycles. The van der Waals surface area contributed by atoms with Crippen molar-refractivity contribution in [3.8, 4) is 0 Å². The van der Waals surface area contributed by atoms with Crippen molar-refractivity contribution in [3.05, 3.63) is 24.5 Å². The van der Waals surface area contributed by atoms with Crippen molar-refractivity contribution in [3.63, 3.8) is 0 Å². The Bertz CT molecular complexity index is 577. The van der Waals surface area contributed by atoms with Gasteiger partial charge in [0, 0.05) is 31.5 Å². The summed E-state index contributed by atoms with van der Waals surface area (Å²) in [6.07, 6.45) is 8.28. The summed E-state index contributed by atoms with van der Waals surface area (Å²) in [5.74, 6) is 0.992. The van der Waals surface area contributed by atoms with Crippen LogP contribution in [0.25, 0.3) is 11.2 Å². The lowest BCUT2D eigenvalue weighted by Crippen LogP contribution is -2.40. The summed E-state index contributed by atoms with van der Waals surface area (Å²) >= 11 is 0. The molecule has 5 heteroatoms. The Morgan fingerprint density at radius 1 is 1.10 bits per heavy atom. The van der Waals surface area contributed by atoms with Crippen LogP contribution in [0.3, 0.4) is 0 Å². The summed E-state index contributed by atoms with van der Waals surface area (Å²) in [6, 6.07) is 5.29. The zero-order chi connectivity index (χ0) is 13.9. The molecule has 106 valence electrons. The van der Waals surface area contributed by atoms with E-state index >= 15 is 0 Å². The number of rotatable bonds is 3. The molecule has 0 bridgehead atoms. The maximum atomic E-state index is 4.63. The maximum absolute atomic E-state index is 4.63. The molecule has 0 atom stereocenters. The first-order valence-electron chi connectivity index (χ1n) is 7.26. The van der Waals surface area contributed by atoms with Crippen LogP contribution in [0.5, 0.6) is 0 Å². The normalized spacial score (nSPS) is 22.9. The Balaban J connectivity index is 1.77. The van der Waals surface area contributed by atoms with Crippen molar-refractivity contribution in [1.82, 2.24) is 20.3 Å². The highest BCUT2D eigenvalue weighted by Crippen LogP contribution is 2.25. The van der Waals surface area contributed by atoms with Crippen molar-refractivity contribution in [1.29, 1.82) is 0 Å². The minimum atomic E-state index is 0.571. The van der Waals surface area contributed by atoms with Gasteiger partial charge >= 0.3 is 0 Å². The molecule has 0 aromatic carbocycles. The van der Waals surface area contributed by atoms with Gasteiger partial charge in [0.25, 0.3) is 0 Å². The average Bonchev–Trinajstić information content (AvgIpc) is 2.54. The van der Waals surface area contributed by atoms with Crippen molar-refractivity contribution < 1.29 is 0 Å². The molecular weight excluding hydrogens is 250 g/mol. The second-order valence-electron chi connectivity index (χ2n) is 5.47. The highest BCUT2D eigenvalue weighted by atomic mass is 15.2. The van der Waals surface area contributed by atoms with Crippen molar-refractivity contribution >= 4 is 17.0 Å². The summed E-state index contributed by atoms with van der Waals surface area (Å²) in [7, 11) is 4.19.